The molecule has 1 aliphatic rings. The average molecular weight is 249 g/mol. The van der Waals surface area contributed by atoms with E-state index in [0.29, 0.717) is 12.0 Å². The maximum atomic E-state index is 5.60. The number of likely N-dealkylation sites (tertiary alicyclic amines) is 1. The zero-order valence-electron chi connectivity index (χ0n) is 11.3. The van der Waals surface area contributed by atoms with Gasteiger partial charge in [0.05, 0.1) is 12.7 Å². The second-order valence-electron chi connectivity index (χ2n) is 5.00. The molecule has 0 bridgehead atoms. The Hall–Kier alpha value is -0.900. The molecule has 1 aromatic carbocycles. The molecular weight excluding hydrogens is 226 g/mol. The third kappa shape index (κ3) is 3.55. The van der Waals surface area contributed by atoms with Gasteiger partial charge in [0.25, 0.3) is 0 Å². The standard InChI is InChI=1S/C15H23NO2/c1-17-12-14-8-9-16(11-15(14)18-2)10-13-6-4-3-5-7-13/h3-7,14-15H,8-12H2,1-2H3/t14-,15-/m1/s1. The molecule has 1 saturated heterocycles. The van der Waals surface area contributed by atoms with Crippen LogP contribution in [0.5, 0.6) is 0 Å². The minimum absolute atomic E-state index is 0.294. The van der Waals surface area contributed by atoms with E-state index in [4.69, 9.17) is 9.47 Å². The largest absolute Gasteiger partial charge is 0.384 e. The zero-order valence-corrected chi connectivity index (χ0v) is 11.3. The van der Waals surface area contributed by atoms with Gasteiger partial charge in [-0.25, -0.2) is 0 Å². The number of methoxy groups -OCH3 is 2. The molecule has 0 aromatic heterocycles. The van der Waals surface area contributed by atoms with Gasteiger partial charge in [0, 0.05) is 33.2 Å². The van der Waals surface area contributed by atoms with Crippen LogP contribution in [-0.2, 0) is 16.0 Å². The van der Waals surface area contributed by atoms with Crippen LogP contribution in [0.1, 0.15) is 12.0 Å². The van der Waals surface area contributed by atoms with Crippen molar-refractivity contribution < 1.29 is 9.47 Å². The second-order valence-corrected chi connectivity index (χ2v) is 5.00. The summed E-state index contributed by atoms with van der Waals surface area (Å²) in [7, 11) is 3.57. The first-order valence-corrected chi connectivity index (χ1v) is 6.61. The van der Waals surface area contributed by atoms with Gasteiger partial charge in [-0.3, -0.25) is 4.90 Å². The fraction of sp³-hybridized carbons (Fsp3) is 0.600. The van der Waals surface area contributed by atoms with Crippen LogP contribution in [-0.4, -0.2) is 44.9 Å². The lowest BCUT2D eigenvalue weighted by Crippen LogP contribution is -2.45. The van der Waals surface area contributed by atoms with E-state index in [0.717, 1.165) is 32.7 Å². The first-order chi connectivity index (χ1) is 8.83. The van der Waals surface area contributed by atoms with Gasteiger partial charge >= 0.3 is 0 Å². The number of hydrogen-bond acceptors (Lipinski definition) is 3. The van der Waals surface area contributed by atoms with Gasteiger partial charge in [-0.05, 0) is 18.5 Å². The van der Waals surface area contributed by atoms with Crippen molar-refractivity contribution in [2.75, 3.05) is 33.9 Å². The molecule has 1 heterocycles. The predicted molar refractivity (Wildman–Crippen MR) is 72.5 cm³/mol. The van der Waals surface area contributed by atoms with Gasteiger partial charge in [-0.15, -0.1) is 0 Å². The van der Waals surface area contributed by atoms with Crippen molar-refractivity contribution in [3.05, 3.63) is 35.9 Å². The molecule has 100 valence electrons. The van der Waals surface area contributed by atoms with Crippen molar-refractivity contribution >= 4 is 0 Å². The van der Waals surface area contributed by atoms with Crippen molar-refractivity contribution in [2.45, 2.75) is 19.1 Å². The van der Waals surface area contributed by atoms with Crippen molar-refractivity contribution in [3.8, 4) is 0 Å². The van der Waals surface area contributed by atoms with Crippen LogP contribution < -0.4 is 0 Å². The molecule has 0 aliphatic carbocycles. The quantitative estimate of drug-likeness (QED) is 0.798. The molecule has 0 unspecified atom stereocenters. The Balaban J connectivity index is 1.89. The van der Waals surface area contributed by atoms with E-state index in [-0.39, 0.29) is 0 Å². The van der Waals surface area contributed by atoms with Crippen LogP contribution in [0.15, 0.2) is 30.3 Å². The molecule has 2 atom stereocenters. The van der Waals surface area contributed by atoms with Gasteiger partial charge in [0.2, 0.25) is 0 Å². The summed E-state index contributed by atoms with van der Waals surface area (Å²) in [6.07, 6.45) is 1.45. The molecule has 3 nitrogen and oxygen atoms in total. The van der Waals surface area contributed by atoms with Gasteiger partial charge in [0.1, 0.15) is 0 Å². The summed E-state index contributed by atoms with van der Waals surface area (Å²) in [4.78, 5) is 2.47. The smallest absolute Gasteiger partial charge is 0.0748 e. The third-order valence-corrected chi connectivity index (χ3v) is 3.71. The van der Waals surface area contributed by atoms with Crippen molar-refractivity contribution in [1.29, 1.82) is 0 Å². The van der Waals surface area contributed by atoms with E-state index in [1.807, 2.05) is 0 Å². The third-order valence-electron chi connectivity index (χ3n) is 3.71. The molecular formula is C15H23NO2. The van der Waals surface area contributed by atoms with Crippen LogP contribution in [0.25, 0.3) is 0 Å². The normalized spacial score (nSPS) is 25.2. The molecule has 18 heavy (non-hydrogen) atoms. The highest BCUT2D eigenvalue weighted by Crippen LogP contribution is 2.21. The highest BCUT2D eigenvalue weighted by molar-refractivity contribution is 5.14. The number of ether oxygens (including phenoxy) is 2. The maximum absolute atomic E-state index is 5.60. The Morgan fingerprint density at radius 2 is 2.00 bits per heavy atom. The van der Waals surface area contributed by atoms with E-state index in [9.17, 15) is 0 Å². The number of hydrogen-bond donors (Lipinski definition) is 0. The number of benzene rings is 1. The lowest BCUT2D eigenvalue weighted by molar-refractivity contribution is -0.0389. The van der Waals surface area contributed by atoms with E-state index in [1.54, 1.807) is 14.2 Å². The average Bonchev–Trinajstić information content (AvgIpc) is 2.42. The molecule has 0 radical (unpaired) electrons. The van der Waals surface area contributed by atoms with E-state index < -0.39 is 0 Å². The van der Waals surface area contributed by atoms with Gasteiger partial charge in [-0.1, -0.05) is 30.3 Å². The molecule has 2 rings (SSSR count). The van der Waals surface area contributed by atoms with Gasteiger partial charge in [-0.2, -0.15) is 0 Å². The molecule has 0 N–H and O–H groups in total. The van der Waals surface area contributed by atoms with E-state index in [1.165, 1.54) is 5.56 Å². The Morgan fingerprint density at radius 3 is 2.67 bits per heavy atom. The Labute approximate surface area is 110 Å². The fourth-order valence-corrected chi connectivity index (χ4v) is 2.69. The zero-order chi connectivity index (χ0) is 12.8. The Morgan fingerprint density at radius 1 is 1.22 bits per heavy atom. The minimum atomic E-state index is 0.294. The molecule has 0 saturated carbocycles. The predicted octanol–water partition coefficient (Wildman–Crippen LogP) is 2.17. The second kappa shape index (κ2) is 6.88. The number of rotatable bonds is 5. The summed E-state index contributed by atoms with van der Waals surface area (Å²) < 4.78 is 10.9. The Bertz CT molecular complexity index is 342. The minimum Gasteiger partial charge on any atom is -0.384 e. The highest BCUT2D eigenvalue weighted by atomic mass is 16.5. The van der Waals surface area contributed by atoms with Crippen LogP contribution in [0.4, 0.5) is 0 Å². The summed E-state index contributed by atoms with van der Waals surface area (Å²) in [5.74, 6) is 0.534. The molecule has 1 aromatic rings. The first-order valence-electron chi connectivity index (χ1n) is 6.61. The summed E-state index contributed by atoms with van der Waals surface area (Å²) in [6.45, 7) is 3.94. The fourth-order valence-electron chi connectivity index (χ4n) is 2.69. The van der Waals surface area contributed by atoms with Crippen molar-refractivity contribution in [2.24, 2.45) is 5.92 Å². The van der Waals surface area contributed by atoms with Gasteiger partial charge in [0.15, 0.2) is 0 Å². The topological polar surface area (TPSA) is 21.7 Å². The monoisotopic (exact) mass is 249 g/mol. The van der Waals surface area contributed by atoms with E-state index >= 15 is 0 Å². The molecule has 0 spiro atoms. The summed E-state index contributed by atoms with van der Waals surface area (Å²) in [5.41, 5.74) is 1.37. The molecule has 3 heteroatoms. The summed E-state index contributed by atoms with van der Waals surface area (Å²) in [5, 5.41) is 0. The van der Waals surface area contributed by atoms with Crippen LogP contribution in [0.2, 0.25) is 0 Å². The summed E-state index contributed by atoms with van der Waals surface area (Å²) >= 11 is 0. The van der Waals surface area contributed by atoms with Crippen LogP contribution in [0, 0.1) is 5.92 Å². The van der Waals surface area contributed by atoms with Gasteiger partial charge < -0.3 is 9.47 Å². The van der Waals surface area contributed by atoms with Crippen LogP contribution >= 0.6 is 0 Å². The molecule has 1 aliphatic heterocycles. The Kier molecular flexibility index (Phi) is 5.17. The highest BCUT2D eigenvalue weighted by Gasteiger charge is 2.28. The molecule has 0 amide bonds. The van der Waals surface area contributed by atoms with Crippen molar-refractivity contribution in [3.63, 3.8) is 0 Å². The first kappa shape index (κ1) is 13.5. The lowest BCUT2D eigenvalue weighted by Gasteiger charge is -2.37. The molecule has 1 fully saturated rings. The van der Waals surface area contributed by atoms with Crippen molar-refractivity contribution in [1.82, 2.24) is 4.90 Å². The maximum Gasteiger partial charge on any atom is 0.0748 e. The van der Waals surface area contributed by atoms with E-state index in [2.05, 4.69) is 35.2 Å². The SMILES string of the molecule is COC[C@H]1CCN(Cc2ccccc2)C[C@H]1OC. The summed E-state index contributed by atoms with van der Waals surface area (Å²) in [6, 6.07) is 10.6. The number of piperidine rings is 1. The number of nitrogens with zero attached hydrogens (tertiary/aromatic N) is 1. The lowest BCUT2D eigenvalue weighted by atomic mass is 9.94. The van der Waals surface area contributed by atoms with Crippen LogP contribution in [0.3, 0.4) is 0 Å².